The van der Waals surface area contributed by atoms with Crippen molar-refractivity contribution in [3.63, 3.8) is 0 Å². The molecule has 22 rings (SSSR count). The van der Waals surface area contributed by atoms with Crippen LogP contribution in [0.3, 0.4) is 0 Å². The largest absolute Gasteiger partial charge is 0.473 e. The van der Waals surface area contributed by atoms with E-state index in [0.29, 0.717) is 0 Å². The zero-order valence-corrected chi connectivity index (χ0v) is 98.3. The van der Waals surface area contributed by atoms with Crippen molar-refractivity contribution < 1.29 is 40.4 Å². The average molecular weight is 2140 g/mol. The second-order valence-electron chi connectivity index (χ2n) is 17.2. The highest BCUT2D eigenvalue weighted by Gasteiger charge is 1.77. The lowest BCUT2D eigenvalue weighted by Crippen LogP contribution is -1.73. The molecule has 20 heterocycles. The summed E-state index contributed by atoms with van der Waals surface area (Å²) in [6.07, 6.45) is 74.0. The van der Waals surface area contributed by atoms with E-state index in [1.54, 1.807) is 162 Å². The van der Waals surface area contributed by atoms with Gasteiger partial charge in [0.2, 0.25) is 25.6 Å². The first kappa shape index (κ1) is 173. The van der Waals surface area contributed by atoms with Crippen molar-refractivity contribution in [3.8, 4) is 0 Å². The Morgan fingerprint density at radius 3 is 0.752 bits per heavy atom. The molecule has 0 atom stereocenters. The van der Waals surface area contributed by atoms with Gasteiger partial charge in [-0.2, -0.15) is 32.9 Å². The van der Waals surface area contributed by atoms with Crippen LogP contribution in [-0.4, -0.2) is 152 Å². The van der Waals surface area contributed by atoms with Gasteiger partial charge in [0, 0.05) is 105 Å². The molecule has 0 spiro atoms. The molecule has 0 bridgehead atoms. The number of thiazole rings is 1. The van der Waals surface area contributed by atoms with Crippen molar-refractivity contribution in [2.24, 2.45) is 15.0 Å². The highest BCUT2D eigenvalue weighted by atomic mass is 32.1. The normalized spacial score (nSPS) is 8.15. The van der Waals surface area contributed by atoms with Gasteiger partial charge < -0.3 is 31.1 Å². The molecule has 0 fully saturated rings. The van der Waals surface area contributed by atoms with Crippen molar-refractivity contribution in [1.82, 2.24) is 127 Å². The molecular weight excluding hydrogens is 1960 g/mol. The Kier molecular flexibility index (Phi) is 268. The first-order chi connectivity index (χ1) is 74.5. The van der Waals surface area contributed by atoms with Crippen molar-refractivity contribution in [2.45, 2.75) is 255 Å². The van der Waals surface area contributed by atoms with Gasteiger partial charge in [-0.25, -0.2) is 39.2 Å². The molecule has 149 heavy (non-hydrogen) atoms. The topological polar surface area (TPSA) is 478 Å². The second kappa shape index (κ2) is 231. The Hall–Kier alpha value is -15.6. The van der Waals surface area contributed by atoms with Crippen LogP contribution in [0.2, 0.25) is 0 Å². The molecule has 4 aliphatic rings. The molecule has 0 N–H and O–H groups in total. The van der Waals surface area contributed by atoms with E-state index in [1.165, 1.54) is 99.9 Å². The Labute approximate surface area is 909 Å². The van der Waals surface area contributed by atoms with Crippen molar-refractivity contribution in [1.29, 1.82) is 0 Å². The minimum Gasteiger partial charge on any atom is -0.473 e. The molecule has 0 amide bonds. The Balaban J connectivity index is -0.0000000806. The number of benzene rings is 1. The number of aromatic nitrogens is 25. The molecule has 1 aromatic carbocycles. The van der Waals surface area contributed by atoms with Crippen LogP contribution in [0, 0.1) is 0 Å². The summed E-state index contributed by atoms with van der Waals surface area (Å²) >= 11 is 6.52. The first-order valence-electron chi connectivity index (χ1n) is 49.4. The quantitative estimate of drug-likeness (QED) is 0.136. The third-order valence-corrected chi connectivity index (χ3v) is 11.4. The molecule has 0 saturated carbocycles. The predicted molar refractivity (Wildman–Crippen MR) is 626 cm³/mol. The summed E-state index contributed by atoms with van der Waals surface area (Å²) in [6.45, 7) is 68.9. The monoisotopic (exact) mass is 2140 g/mol. The highest BCUT2D eigenvalue weighted by Crippen LogP contribution is 1.95. The van der Waals surface area contributed by atoms with Crippen LogP contribution < -0.4 is 0 Å². The summed E-state index contributed by atoms with van der Waals surface area (Å²) in [6, 6.07) is 36.8. The van der Waals surface area contributed by atoms with Crippen LogP contribution in [0.5, 0.6) is 0 Å². The fraction of sp³-hybridized carbons (Fsp3) is 0.352. The third-order valence-electron chi connectivity index (χ3n) is 9.20. The van der Waals surface area contributed by atoms with Crippen LogP contribution in [0.15, 0.2) is 463 Å². The minimum absolute atomic E-state index is 0.889. The SMILES string of the molecule is C1=CCC=C1.C1=CCN=C1.C1=CN=CC1.C1=CN=CC1.CC.CC.CC.CC.CC.CC.CC.CC.CC.CC.CC.CC.CC.CC.CC.CC.CC.c1ccccc1.c1ccncc1.c1ccnnc1.c1ccoc1.c1ccoc1.c1ccsc1.c1ccsc1.c1cnccn1.c1cnon1.c1cocn1.c1cocn1.c1cscn1.c1ncncn1.c1ncon1.c1nnco1.c1nncs1.c1nnno1.c1nnon1. The van der Waals surface area contributed by atoms with Crippen LogP contribution >= 0.6 is 45.3 Å². The predicted octanol–water partition coefficient (Wildman–Crippen LogP) is 33.3. The lowest BCUT2D eigenvalue weighted by molar-refractivity contribution is 0.292. The maximum Gasteiger partial charge on any atom is 0.235 e. The van der Waals surface area contributed by atoms with E-state index in [9.17, 15) is 0 Å². The van der Waals surface area contributed by atoms with E-state index in [1.807, 2.05) is 414 Å². The Bertz CT molecular complexity index is 3210. The van der Waals surface area contributed by atoms with E-state index in [0.717, 1.165) is 32.2 Å². The lowest BCUT2D eigenvalue weighted by Gasteiger charge is -1.70. The van der Waals surface area contributed by atoms with Crippen LogP contribution in [0.4, 0.5) is 0 Å². The molecular formula is C108H180N28O9S4. The number of hydrogen-bond donors (Lipinski definition) is 0. The summed E-state index contributed by atoms with van der Waals surface area (Å²) < 4.78 is 38.9. The van der Waals surface area contributed by atoms with Crippen LogP contribution in [0.25, 0.3) is 0 Å². The van der Waals surface area contributed by atoms with Gasteiger partial charge in [0.1, 0.15) is 42.5 Å². The fourth-order valence-electron chi connectivity index (χ4n) is 4.90. The summed E-state index contributed by atoms with van der Waals surface area (Å²) in [5.74, 6) is 0. The number of pyridine rings is 1. The Morgan fingerprint density at radius 1 is 0.215 bits per heavy atom. The van der Waals surface area contributed by atoms with Gasteiger partial charge in [0.25, 0.3) is 0 Å². The van der Waals surface area contributed by atoms with Gasteiger partial charge in [-0.15, -0.1) is 43.1 Å². The number of nitrogens with zero attached hydrogens (tertiary/aromatic N) is 28. The maximum absolute atomic E-state index is 4.58. The summed E-state index contributed by atoms with van der Waals surface area (Å²) in [4.78, 5) is 47.6. The van der Waals surface area contributed by atoms with Gasteiger partial charge in [-0.05, 0) is 92.9 Å². The molecule has 0 saturated heterocycles. The molecule has 37 nitrogen and oxygen atoms in total. The minimum atomic E-state index is 0.889. The zero-order valence-electron chi connectivity index (χ0n) is 95.1. The number of hydrogen-bond acceptors (Lipinski definition) is 41. The maximum atomic E-state index is 4.58. The van der Waals surface area contributed by atoms with Gasteiger partial charge in [0.05, 0.1) is 72.4 Å². The van der Waals surface area contributed by atoms with Gasteiger partial charge in [0.15, 0.2) is 25.4 Å². The van der Waals surface area contributed by atoms with E-state index < -0.39 is 0 Å². The lowest BCUT2D eigenvalue weighted by atomic mass is 10.4. The molecule has 17 aromatic heterocycles. The van der Waals surface area contributed by atoms with Crippen LogP contribution in [0.1, 0.15) is 255 Å². The number of furan rings is 2. The third kappa shape index (κ3) is 228. The van der Waals surface area contributed by atoms with Crippen LogP contribution in [-0.2, 0) is 0 Å². The van der Waals surface area contributed by atoms with E-state index in [4.69, 9.17) is 0 Å². The number of aliphatic imine (C=N–C) groups is 3. The summed E-state index contributed by atoms with van der Waals surface area (Å²) in [5, 5.41) is 59.0. The molecule has 830 valence electrons. The summed E-state index contributed by atoms with van der Waals surface area (Å²) in [5.41, 5.74) is 5.15. The molecule has 1 aliphatic carbocycles. The fourth-order valence-corrected chi connectivity index (χ4v) is 6.43. The van der Waals surface area contributed by atoms with E-state index >= 15 is 0 Å². The molecule has 18 aromatic rings. The van der Waals surface area contributed by atoms with Gasteiger partial charge in [-0.1, -0.05) is 370 Å². The molecule has 3 aliphatic heterocycles. The van der Waals surface area contributed by atoms with Crippen molar-refractivity contribution >= 4 is 64.0 Å². The van der Waals surface area contributed by atoms with Crippen molar-refractivity contribution in [2.75, 3.05) is 6.54 Å². The van der Waals surface area contributed by atoms with Gasteiger partial charge in [-0.3, -0.25) is 34.9 Å². The van der Waals surface area contributed by atoms with Crippen molar-refractivity contribution in [3.05, 3.63) is 408 Å². The number of rotatable bonds is 0. The standard InChI is InChI=1S/C6H6.C5H5N.C5H6.2C4H4N2.3C4H5N.2C4H4O.2C4H4S.C3H3N3.2C3H3NO.C3H3NS.3C2H2N2O.C2H2N2S.17C2H6.2CHN3O/c2*1-2-4-6-5-3-1;1-2-4-5-3-1;1-2-6-4-3-5-1;1-2-4-6-5-3-1;7*1-2-4-5-3-1;1-4-2-6-3-5-1;3*1-2-5-3-4-1;1-3-4-2-5-1;1-3-2-5-4-1;1-2-4-5-3-1;1-3-4-2-5-1;17*1-2;1-2-3-4-5-1;1-2-4-5-3-1/h1-6H;1-5H;1-4H,5H2;2*1-4H;2*1,3-4H,2H2;1-3H,4H2;4*1-4H;1-3H;3*1-3H;4*1-2H;17*1-2H3;2*1H. The molecule has 0 unspecified atom stereocenters. The molecule has 0 radical (unpaired) electrons. The van der Waals surface area contributed by atoms with Gasteiger partial charge >= 0.3 is 0 Å². The smallest absolute Gasteiger partial charge is 0.235 e. The second-order valence-corrected chi connectivity index (χ2v) is 20.3. The number of thiophene rings is 2. The van der Waals surface area contributed by atoms with E-state index in [-0.39, 0.29) is 0 Å². The summed E-state index contributed by atoms with van der Waals surface area (Å²) in [7, 11) is 0. The Morgan fingerprint density at radius 2 is 0.631 bits per heavy atom. The number of allylic oxidation sites excluding steroid dienone is 7. The zero-order chi connectivity index (χ0) is 115. The first-order valence-corrected chi connectivity index (χ1v) is 53.2. The number of oxazole rings is 2. The molecule has 41 heteroatoms. The highest BCUT2D eigenvalue weighted by molar-refractivity contribution is 7.08. The average Bonchev–Trinajstić information content (AvgIpc) is 2.04. The van der Waals surface area contributed by atoms with E-state index in [2.05, 4.69) is 207 Å².